The minimum atomic E-state index is -4.19. The van der Waals surface area contributed by atoms with Gasteiger partial charge in [-0.05, 0) is 67.6 Å². The molecule has 1 unspecified atom stereocenters. The van der Waals surface area contributed by atoms with E-state index < -0.39 is 34.3 Å². The normalized spacial score (nSPS) is 12.2. The summed E-state index contributed by atoms with van der Waals surface area (Å²) in [7, 11) is -4.19. The first-order chi connectivity index (χ1) is 19.0. The smallest absolute Gasteiger partial charge is 0.264 e. The summed E-state index contributed by atoms with van der Waals surface area (Å²) >= 11 is 0. The number of sulfonamides is 1. The molecule has 0 heterocycles. The third kappa shape index (κ3) is 8.14. The summed E-state index contributed by atoms with van der Waals surface area (Å²) in [6, 6.07) is 20.1. The number of carbonyl (C=O) groups is 2. The van der Waals surface area contributed by atoms with Crippen molar-refractivity contribution in [3.63, 3.8) is 0 Å². The van der Waals surface area contributed by atoms with Gasteiger partial charge in [-0.3, -0.25) is 13.9 Å². The van der Waals surface area contributed by atoms with Crippen LogP contribution in [0.2, 0.25) is 0 Å². The number of nitrogens with one attached hydrogen (secondary N) is 1. The van der Waals surface area contributed by atoms with Crippen LogP contribution in [0.25, 0.3) is 0 Å². The standard InChI is InChI=1S/C31H38FN3O4S/c1-5-29(31(37)33-21-23(2)3)34(20-19-25-9-7-6-8-10-25)30(36)22-35(27-15-13-26(32)14-16-27)40(38,39)28-17-11-24(4)12-18-28/h6-18,23,29H,5,19-22H2,1-4H3,(H,33,37). The first kappa shape index (κ1) is 30.8. The third-order valence-corrected chi connectivity index (χ3v) is 8.35. The van der Waals surface area contributed by atoms with E-state index in [2.05, 4.69) is 5.32 Å². The second kappa shape index (κ2) is 14.1. The van der Waals surface area contributed by atoms with Crippen molar-refractivity contribution in [1.82, 2.24) is 10.2 Å². The second-order valence-corrected chi connectivity index (χ2v) is 12.0. The average Bonchev–Trinajstić information content (AvgIpc) is 2.93. The molecule has 3 aromatic rings. The van der Waals surface area contributed by atoms with Crippen LogP contribution in [0.3, 0.4) is 0 Å². The van der Waals surface area contributed by atoms with Crippen molar-refractivity contribution in [3.8, 4) is 0 Å². The van der Waals surface area contributed by atoms with Crippen LogP contribution in [0.15, 0.2) is 83.8 Å². The van der Waals surface area contributed by atoms with E-state index in [0.717, 1.165) is 27.6 Å². The maximum atomic E-state index is 14.0. The van der Waals surface area contributed by atoms with E-state index in [-0.39, 0.29) is 29.0 Å². The predicted octanol–water partition coefficient (Wildman–Crippen LogP) is 4.95. The van der Waals surface area contributed by atoms with Gasteiger partial charge in [0.25, 0.3) is 10.0 Å². The molecule has 9 heteroatoms. The molecule has 3 aromatic carbocycles. The van der Waals surface area contributed by atoms with Crippen LogP contribution in [0, 0.1) is 18.7 Å². The highest BCUT2D eigenvalue weighted by Gasteiger charge is 2.33. The van der Waals surface area contributed by atoms with Crippen LogP contribution in [-0.2, 0) is 26.0 Å². The number of aryl methyl sites for hydroxylation is 1. The van der Waals surface area contributed by atoms with Crippen molar-refractivity contribution in [2.75, 3.05) is 23.9 Å². The fourth-order valence-electron chi connectivity index (χ4n) is 4.29. The molecule has 0 saturated heterocycles. The lowest BCUT2D eigenvalue weighted by Crippen LogP contribution is -2.53. The maximum absolute atomic E-state index is 14.0. The Hall–Kier alpha value is -3.72. The molecule has 0 aliphatic heterocycles. The Morgan fingerprint density at radius 2 is 1.55 bits per heavy atom. The Bertz CT molecular complexity index is 1360. The Morgan fingerprint density at radius 1 is 0.925 bits per heavy atom. The van der Waals surface area contributed by atoms with Crippen LogP contribution < -0.4 is 9.62 Å². The molecule has 0 bridgehead atoms. The van der Waals surface area contributed by atoms with Crippen LogP contribution in [0.4, 0.5) is 10.1 Å². The zero-order chi connectivity index (χ0) is 29.3. The van der Waals surface area contributed by atoms with Gasteiger partial charge in [0.05, 0.1) is 10.6 Å². The molecule has 0 aromatic heterocycles. The van der Waals surface area contributed by atoms with Crippen molar-refractivity contribution < 1.29 is 22.4 Å². The molecule has 1 atom stereocenters. The predicted molar refractivity (Wildman–Crippen MR) is 156 cm³/mol. The summed E-state index contributed by atoms with van der Waals surface area (Å²) < 4.78 is 42.3. The van der Waals surface area contributed by atoms with Crippen molar-refractivity contribution in [1.29, 1.82) is 0 Å². The molecule has 0 fully saturated rings. The quantitative estimate of drug-likeness (QED) is 0.317. The van der Waals surface area contributed by atoms with Gasteiger partial charge in [-0.15, -0.1) is 0 Å². The molecular formula is C31H38FN3O4S. The number of hydrogen-bond donors (Lipinski definition) is 1. The highest BCUT2D eigenvalue weighted by molar-refractivity contribution is 7.92. The lowest BCUT2D eigenvalue weighted by atomic mass is 10.1. The molecule has 0 saturated carbocycles. The molecule has 7 nitrogen and oxygen atoms in total. The molecule has 1 N–H and O–H groups in total. The molecule has 214 valence electrons. The van der Waals surface area contributed by atoms with E-state index in [1.54, 1.807) is 12.1 Å². The van der Waals surface area contributed by atoms with E-state index in [4.69, 9.17) is 0 Å². The fourth-order valence-corrected chi connectivity index (χ4v) is 5.71. The highest BCUT2D eigenvalue weighted by Crippen LogP contribution is 2.25. The SMILES string of the molecule is CCC(C(=O)NCC(C)C)N(CCc1ccccc1)C(=O)CN(c1ccc(F)cc1)S(=O)(=O)c1ccc(C)cc1. The number of amides is 2. The Balaban J connectivity index is 1.99. The highest BCUT2D eigenvalue weighted by atomic mass is 32.2. The lowest BCUT2D eigenvalue weighted by Gasteiger charge is -2.33. The Labute approximate surface area is 237 Å². The summed E-state index contributed by atoms with van der Waals surface area (Å²) in [4.78, 5) is 28.6. The maximum Gasteiger partial charge on any atom is 0.264 e. The molecule has 0 aliphatic carbocycles. The molecule has 2 amide bonds. The molecule has 0 spiro atoms. The van der Waals surface area contributed by atoms with E-state index in [1.807, 2.05) is 58.0 Å². The molecule has 0 radical (unpaired) electrons. The first-order valence-electron chi connectivity index (χ1n) is 13.5. The van der Waals surface area contributed by atoms with Gasteiger partial charge >= 0.3 is 0 Å². The van der Waals surface area contributed by atoms with Gasteiger partial charge < -0.3 is 10.2 Å². The van der Waals surface area contributed by atoms with E-state index in [1.165, 1.54) is 29.2 Å². The average molecular weight is 568 g/mol. The number of benzene rings is 3. The Morgan fingerprint density at radius 3 is 2.12 bits per heavy atom. The van der Waals surface area contributed by atoms with E-state index in [0.29, 0.717) is 19.4 Å². The van der Waals surface area contributed by atoms with Gasteiger partial charge in [0.2, 0.25) is 11.8 Å². The van der Waals surface area contributed by atoms with Gasteiger partial charge in [0.15, 0.2) is 0 Å². The van der Waals surface area contributed by atoms with Crippen molar-refractivity contribution in [2.45, 2.75) is 51.5 Å². The van der Waals surface area contributed by atoms with Gasteiger partial charge in [-0.2, -0.15) is 0 Å². The van der Waals surface area contributed by atoms with Gasteiger partial charge in [-0.1, -0.05) is 68.8 Å². The van der Waals surface area contributed by atoms with Gasteiger partial charge in [-0.25, -0.2) is 12.8 Å². The summed E-state index contributed by atoms with van der Waals surface area (Å²) in [5, 5.41) is 2.91. The molecular weight excluding hydrogens is 529 g/mol. The van der Waals surface area contributed by atoms with Gasteiger partial charge in [0.1, 0.15) is 18.4 Å². The molecule has 3 rings (SSSR count). The Kier molecular flexibility index (Phi) is 10.8. The fraction of sp³-hybridized carbons (Fsp3) is 0.355. The first-order valence-corrected chi connectivity index (χ1v) is 14.9. The molecule has 0 aliphatic rings. The van der Waals surface area contributed by atoms with E-state index in [9.17, 15) is 22.4 Å². The number of hydrogen-bond acceptors (Lipinski definition) is 4. The van der Waals surface area contributed by atoms with Crippen molar-refractivity contribution >= 4 is 27.5 Å². The van der Waals surface area contributed by atoms with Crippen molar-refractivity contribution in [3.05, 3.63) is 95.8 Å². The number of halogens is 1. The third-order valence-electron chi connectivity index (χ3n) is 6.56. The van der Waals surface area contributed by atoms with Crippen molar-refractivity contribution in [2.24, 2.45) is 5.92 Å². The van der Waals surface area contributed by atoms with Crippen LogP contribution in [0.1, 0.15) is 38.3 Å². The minimum Gasteiger partial charge on any atom is -0.354 e. The second-order valence-electron chi connectivity index (χ2n) is 10.2. The summed E-state index contributed by atoms with van der Waals surface area (Å²) in [5.74, 6) is -1.11. The number of carbonyl (C=O) groups excluding carboxylic acids is 2. The number of nitrogens with zero attached hydrogens (tertiary/aromatic N) is 2. The monoisotopic (exact) mass is 567 g/mol. The molecule has 40 heavy (non-hydrogen) atoms. The number of rotatable bonds is 13. The lowest BCUT2D eigenvalue weighted by molar-refractivity contribution is -0.139. The van der Waals surface area contributed by atoms with E-state index >= 15 is 0 Å². The van der Waals surface area contributed by atoms with Crippen LogP contribution in [-0.4, -0.2) is 50.8 Å². The summed E-state index contributed by atoms with van der Waals surface area (Å²) in [6.45, 7) is 7.76. The minimum absolute atomic E-state index is 0.00720. The van der Waals surface area contributed by atoms with Gasteiger partial charge in [0, 0.05) is 13.1 Å². The topological polar surface area (TPSA) is 86.8 Å². The zero-order valence-electron chi connectivity index (χ0n) is 23.5. The zero-order valence-corrected chi connectivity index (χ0v) is 24.3. The van der Waals surface area contributed by atoms with Crippen LogP contribution in [0.5, 0.6) is 0 Å². The largest absolute Gasteiger partial charge is 0.354 e. The summed E-state index contributed by atoms with van der Waals surface area (Å²) in [6.07, 6.45) is 0.841. The van der Waals surface area contributed by atoms with Crippen LogP contribution >= 0.6 is 0 Å². The number of anilines is 1. The summed E-state index contributed by atoms with van der Waals surface area (Å²) in [5.41, 5.74) is 2.02.